The molecule has 3 heteroatoms. The van der Waals surface area contributed by atoms with Gasteiger partial charge in [0.2, 0.25) is 0 Å². The third-order valence-electron chi connectivity index (χ3n) is 3.72. The Morgan fingerprint density at radius 3 is 2.71 bits per heavy atom. The van der Waals surface area contributed by atoms with Crippen LogP contribution in [0.3, 0.4) is 0 Å². The Kier molecular flexibility index (Phi) is 3.67. The van der Waals surface area contributed by atoms with Crippen molar-refractivity contribution in [1.82, 2.24) is 10.3 Å². The molecule has 3 rings (SSSR count). The first kappa shape index (κ1) is 13.7. The van der Waals surface area contributed by atoms with Crippen LogP contribution >= 0.6 is 0 Å². The van der Waals surface area contributed by atoms with Crippen LogP contribution < -0.4 is 5.32 Å². The largest absolute Gasteiger partial charge is 0.309 e. The number of fused-ring (bicyclic) bond motifs is 1. The molecule has 21 heavy (non-hydrogen) atoms. The van der Waals surface area contributed by atoms with Gasteiger partial charge < -0.3 is 5.32 Å². The standard InChI is InChI=1S/C18H17FN2/c1-12-5-8-15(16(19)10-12)18(20-2)14-7-6-13-4-3-9-21-17(13)11-14/h3-11,18,20H,1-2H3. The second kappa shape index (κ2) is 5.62. The summed E-state index contributed by atoms with van der Waals surface area (Å²) in [6.07, 6.45) is 1.77. The molecular formula is C18H17FN2. The number of aryl methyl sites for hydroxylation is 1. The molecule has 1 N–H and O–H groups in total. The van der Waals surface area contributed by atoms with Crippen molar-refractivity contribution in [2.24, 2.45) is 0 Å². The molecule has 0 radical (unpaired) electrons. The maximum atomic E-state index is 14.2. The number of rotatable bonds is 3. The summed E-state index contributed by atoms with van der Waals surface area (Å²) in [7, 11) is 1.84. The normalized spacial score (nSPS) is 12.5. The van der Waals surface area contributed by atoms with E-state index in [0.29, 0.717) is 5.56 Å². The monoisotopic (exact) mass is 280 g/mol. The Morgan fingerprint density at radius 2 is 1.95 bits per heavy atom. The number of aromatic nitrogens is 1. The molecule has 1 heterocycles. The second-order valence-corrected chi connectivity index (χ2v) is 5.20. The zero-order chi connectivity index (χ0) is 14.8. The molecule has 0 aliphatic heterocycles. The molecule has 0 aliphatic carbocycles. The van der Waals surface area contributed by atoms with E-state index in [9.17, 15) is 4.39 Å². The molecule has 0 aliphatic rings. The van der Waals surface area contributed by atoms with Crippen LogP contribution in [0, 0.1) is 12.7 Å². The van der Waals surface area contributed by atoms with Gasteiger partial charge in [-0.1, -0.05) is 30.3 Å². The SMILES string of the molecule is CNC(c1ccc2cccnc2c1)c1ccc(C)cc1F. The third kappa shape index (κ3) is 2.65. The minimum Gasteiger partial charge on any atom is -0.309 e. The Morgan fingerprint density at radius 1 is 1.10 bits per heavy atom. The lowest BCUT2D eigenvalue weighted by atomic mass is 9.96. The quantitative estimate of drug-likeness (QED) is 0.784. The van der Waals surface area contributed by atoms with Crippen molar-refractivity contribution in [3.8, 4) is 0 Å². The number of nitrogens with one attached hydrogen (secondary N) is 1. The number of hydrogen-bond donors (Lipinski definition) is 1. The minimum absolute atomic E-state index is 0.183. The molecule has 0 bridgehead atoms. The van der Waals surface area contributed by atoms with Crippen molar-refractivity contribution in [3.05, 3.63) is 77.2 Å². The van der Waals surface area contributed by atoms with E-state index >= 15 is 0 Å². The Bertz CT molecular complexity index is 783. The third-order valence-corrected chi connectivity index (χ3v) is 3.72. The van der Waals surface area contributed by atoms with Crippen molar-refractivity contribution >= 4 is 10.9 Å². The van der Waals surface area contributed by atoms with Gasteiger partial charge in [0.15, 0.2) is 0 Å². The van der Waals surface area contributed by atoms with E-state index < -0.39 is 0 Å². The zero-order valence-corrected chi connectivity index (χ0v) is 12.1. The molecule has 0 saturated carbocycles. The molecule has 3 aromatic rings. The van der Waals surface area contributed by atoms with Crippen LogP contribution in [0.2, 0.25) is 0 Å². The predicted octanol–water partition coefficient (Wildman–Crippen LogP) is 3.99. The van der Waals surface area contributed by atoms with Gasteiger partial charge in [0.1, 0.15) is 5.82 Å². The molecule has 2 nitrogen and oxygen atoms in total. The van der Waals surface area contributed by atoms with Gasteiger partial charge in [0.25, 0.3) is 0 Å². The first-order valence-electron chi connectivity index (χ1n) is 6.97. The molecule has 1 aromatic heterocycles. The Labute approximate surface area is 123 Å². The first-order chi connectivity index (χ1) is 10.2. The van der Waals surface area contributed by atoms with Gasteiger partial charge in [-0.2, -0.15) is 0 Å². The number of nitrogens with zero attached hydrogens (tertiary/aromatic N) is 1. The lowest BCUT2D eigenvalue weighted by Crippen LogP contribution is -2.19. The highest BCUT2D eigenvalue weighted by molar-refractivity contribution is 5.79. The average molecular weight is 280 g/mol. The minimum atomic E-state index is -0.185. The number of benzene rings is 2. The average Bonchev–Trinajstić information content (AvgIpc) is 2.50. The number of pyridine rings is 1. The van der Waals surface area contributed by atoms with Crippen LogP contribution in [0.4, 0.5) is 4.39 Å². The highest BCUT2D eigenvalue weighted by atomic mass is 19.1. The van der Waals surface area contributed by atoms with Crippen molar-refractivity contribution in [3.63, 3.8) is 0 Å². The van der Waals surface area contributed by atoms with Gasteiger partial charge in [0, 0.05) is 17.1 Å². The maximum absolute atomic E-state index is 14.2. The predicted molar refractivity (Wildman–Crippen MR) is 83.8 cm³/mol. The summed E-state index contributed by atoms with van der Waals surface area (Å²) in [6, 6.07) is 15.1. The van der Waals surface area contributed by atoms with E-state index in [1.54, 1.807) is 12.3 Å². The number of hydrogen-bond acceptors (Lipinski definition) is 2. The van der Waals surface area contributed by atoms with Gasteiger partial charge >= 0.3 is 0 Å². The fourth-order valence-electron chi connectivity index (χ4n) is 2.63. The van der Waals surface area contributed by atoms with Crippen LogP contribution in [-0.4, -0.2) is 12.0 Å². The van der Waals surface area contributed by atoms with E-state index in [1.807, 2.05) is 56.4 Å². The van der Waals surface area contributed by atoms with Crippen molar-refractivity contribution < 1.29 is 4.39 Å². The summed E-state index contributed by atoms with van der Waals surface area (Å²) in [5.74, 6) is -0.185. The summed E-state index contributed by atoms with van der Waals surface area (Å²) in [5, 5.41) is 4.28. The van der Waals surface area contributed by atoms with Crippen molar-refractivity contribution in [2.75, 3.05) is 7.05 Å². The van der Waals surface area contributed by atoms with Crippen LogP contribution in [0.15, 0.2) is 54.7 Å². The Hall–Kier alpha value is -2.26. The fourth-order valence-corrected chi connectivity index (χ4v) is 2.63. The molecule has 2 aromatic carbocycles. The Balaban J connectivity index is 2.09. The molecule has 0 saturated heterocycles. The van der Waals surface area contributed by atoms with E-state index in [4.69, 9.17) is 0 Å². The van der Waals surface area contributed by atoms with E-state index in [0.717, 1.165) is 22.0 Å². The highest BCUT2D eigenvalue weighted by Gasteiger charge is 2.16. The molecule has 1 atom stereocenters. The second-order valence-electron chi connectivity index (χ2n) is 5.20. The van der Waals surface area contributed by atoms with Gasteiger partial charge in [-0.3, -0.25) is 4.98 Å². The molecule has 0 spiro atoms. The lowest BCUT2D eigenvalue weighted by Gasteiger charge is -2.18. The highest BCUT2D eigenvalue weighted by Crippen LogP contribution is 2.26. The first-order valence-corrected chi connectivity index (χ1v) is 6.97. The van der Waals surface area contributed by atoms with E-state index in [2.05, 4.69) is 10.3 Å². The van der Waals surface area contributed by atoms with Crippen LogP contribution in [0.1, 0.15) is 22.7 Å². The van der Waals surface area contributed by atoms with Gasteiger partial charge in [-0.05, 0) is 43.3 Å². The maximum Gasteiger partial charge on any atom is 0.128 e. The van der Waals surface area contributed by atoms with Crippen LogP contribution in [0.5, 0.6) is 0 Å². The lowest BCUT2D eigenvalue weighted by molar-refractivity contribution is 0.575. The van der Waals surface area contributed by atoms with Crippen LogP contribution in [0.25, 0.3) is 10.9 Å². The molecule has 0 amide bonds. The molecule has 1 unspecified atom stereocenters. The topological polar surface area (TPSA) is 24.9 Å². The van der Waals surface area contributed by atoms with Gasteiger partial charge in [0.05, 0.1) is 11.6 Å². The molecule has 0 fully saturated rings. The molecule has 106 valence electrons. The molecular weight excluding hydrogens is 263 g/mol. The van der Waals surface area contributed by atoms with Crippen molar-refractivity contribution in [1.29, 1.82) is 0 Å². The summed E-state index contributed by atoms with van der Waals surface area (Å²) in [6.45, 7) is 1.89. The smallest absolute Gasteiger partial charge is 0.128 e. The summed E-state index contributed by atoms with van der Waals surface area (Å²) in [5.41, 5.74) is 3.50. The van der Waals surface area contributed by atoms with Crippen LogP contribution in [-0.2, 0) is 0 Å². The van der Waals surface area contributed by atoms with Crippen molar-refractivity contribution in [2.45, 2.75) is 13.0 Å². The number of halogens is 1. The summed E-state index contributed by atoms with van der Waals surface area (Å²) < 4.78 is 14.2. The zero-order valence-electron chi connectivity index (χ0n) is 12.1. The van der Waals surface area contributed by atoms with E-state index in [-0.39, 0.29) is 11.9 Å². The fraction of sp³-hybridized carbons (Fsp3) is 0.167. The van der Waals surface area contributed by atoms with Gasteiger partial charge in [-0.25, -0.2) is 4.39 Å². The summed E-state index contributed by atoms with van der Waals surface area (Å²) in [4.78, 5) is 4.37. The van der Waals surface area contributed by atoms with Gasteiger partial charge in [-0.15, -0.1) is 0 Å². The van der Waals surface area contributed by atoms with E-state index in [1.165, 1.54) is 0 Å². The summed E-state index contributed by atoms with van der Waals surface area (Å²) >= 11 is 0.